The molecule has 4 aromatic rings. The van der Waals surface area contributed by atoms with E-state index < -0.39 is 0 Å². The Morgan fingerprint density at radius 3 is 2.33 bits per heavy atom. The molecule has 0 saturated carbocycles. The summed E-state index contributed by atoms with van der Waals surface area (Å²) in [6, 6.07) is 27.0. The molecule has 0 N–H and O–H groups in total. The van der Waals surface area contributed by atoms with Gasteiger partial charge >= 0.3 is 0 Å². The fourth-order valence-corrected chi connectivity index (χ4v) is 4.30. The second-order valence-electron chi connectivity index (χ2n) is 7.84. The van der Waals surface area contributed by atoms with Crippen LogP contribution in [0.4, 0.5) is 5.69 Å². The van der Waals surface area contributed by atoms with E-state index in [2.05, 4.69) is 67.7 Å². The largest absolute Gasteiger partial charge is 0.315 e. The van der Waals surface area contributed by atoms with Gasteiger partial charge in [0.05, 0.1) is 23.7 Å². The Hall–Kier alpha value is -3.66. The molecule has 2 heterocycles. The zero-order valence-corrected chi connectivity index (χ0v) is 17.1. The van der Waals surface area contributed by atoms with E-state index in [9.17, 15) is 4.79 Å². The highest BCUT2D eigenvalue weighted by Gasteiger charge is 2.27. The molecule has 0 radical (unpaired) electrons. The number of amides is 1. The first-order valence-corrected chi connectivity index (χ1v) is 10.2. The summed E-state index contributed by atoms with van der Waals surface area (Å²) in [5.74, 6) is 0.144. The van der Waals surface area contributed by atoms with Crippen molar-refractivity contribution in [2.45, 2.75) is 19.3 Å². The van der Waals surface area contributed by atoms with Crippen molar-refractivity contribution < 1.29 is 4.79 Å². The van der Waals surface area contributed by atoms with Gasteiger partial charge in [0.25, 0.3) is 0 Å². The van der Waals surface area contributed by atoms with Crippen LogP contribution < -0.4 is 4.90 Å². The summed E-state index contributed by atoms with van der Waals surface area (Å²) in [6.07, 6.45) is 2.55. The monoisotopic (exact) mass is 393 g/mol. The van der Waals surface area contributed by atoms with Crippen LogP contribution in [-0.4, -0.2) is 22.7 Å². The van der Waals surface area contributed by atoms with Gasteiger partial charge in [-0.2, -0.15) is 5.10 Å². The fourth-order valence-electron chi connectivity index (χ4n) is 4.30. The Morgan fingerprint density at radius 1 is 0.900 bits per heavy atom. The lowest BCUT2D eigenvalue weighted by atomic mass is 9.86. The number of likely N-dealkylation sites (N-methyl/N-ethyl adjacent to an activating group) is 1. The van der Waals surface area contributed by atoms with E-state index in [4.69, 9.17) is 5.10 Å². The molecule has 148 valence electrons. The Labute approximate surface area is 176 Å². The van der Waals surface area contributed by atoms with Gasteiger partial charge in [-0.3, -0.25) is 4.79 Å². The maximum Gasteiger partial charge on any atom is 0.231 e. The van der Waals surface area contributed by atoms with Crippen molar-refractivity contribution in [3.63, 3.8) is 0 Å². The number of aryl methyl sites for hydroxylation is 1. The van der Waals surface area contributed by atoms with Crippen molar-refractivity contribution in [2.75, 3.05) is 11.9 Å². The predicted octanol–water partition coefficient (Wildman–Crippen LogP) is 4.88. The summed E-state index contributed by atoms with van der Waals surface area (Å²) in [7, 11) is 1.84. The number of rotatable bonds is 4. The van der Waals surface area contributed by atoms with Crippen LogP contribution in [0.15, 0.2) is 85.1 Å². The molecule has 0 spiro atoms. The highest BCUT2D eigenvalue weighted by molar-refractivity contribution is 6.01. The van der Waals surface area contributed by atoms with Crippen LogP contribution in [0, 0.1) is 6.92 Å². The van der Waals surface area contributed by atoms with Crippen molar-refractivity contribution in [1.82, 2.24) is 9.78 Å². The third-order valence-electron chi connectivity index (χ3n) is 5.88. The van der Waals surface area contributed by atoms with Gasteiger partial charge < -0.3 is 4.90 Å². The van der Waals surface area contributed by atoms with Crippen molar-refractivity contribution in [3.05, 3.63) is 113 Å². The van der Waals surface area contributed by atoms with Gasteiger partial charge in [-0.1, -0.05) is 60.7 Å². The van der Waals surface area contributed by atoms with Crippen LogP contribution in [0.1, 0.15) is 33.9 Å². The first-order valence-electron chi connectivity index (χ1n) is 10.2. The summed E-state index contributed by atoms with van der Waals surface area (Å²) in [6.45, 7) is 2.11. The second kappa shape index (κ2) is 7.30. The van der Waals surface area contributed by atoms with Crippen LogP contribution in [0.25, 0.3) is 5.69 Å². The number of hydrogen-bond acceptors (Lipinski definition) is 2. The molecule has 1 aliphatic heterocycles. The number of carbonyl (C=O) groups is 1. The summed E-state index contributed by atoms with van der Waals surface area (Å²) in [5, 5.41) is 5.00. The van der Waals surface area contributed by atoms with Gasteiger partial charge in [-0.25, -0.2) is 4.68 Å². The van der Waals surface area contributed by atoms with Crippen LogP contribution >= 0.6 is 0 Å². The van der Waals surface area contributed by atoms with Crippen molar-refractivity contribution in [3.8, 4) is 5.69 Å². The van der Waals surface area contributed by atoms with E-state index in [0.717, 1.165) is 33.8 Å². The van der Waals surface area contributed by atoms with E-state index in [1.54, 1.807) is 4.90 Å². The molecule has 1 aliphatic rings. The standard InChI is InChI=1S/C26H23N3O/c1-18-17-29(22-11-7-4-8-12-22)27-26(18)25(19-9-5-3-6-10-19)20-13-14-23-21(15-20)16-24(30)28(23)2/h3-15,17,25H,16H2,1-2H3. The first-order chi connectivity index (χ1) is 14.6. The van der Waals surface area contributed by atoms with Crippen LogP contribution in [0.5, 0.6) is 0 Å². The predicted molar refractivity (Wildman–Crippen MR) is 119 cm³/mol. The number of fused-ring (bicyclic) bond motifs is 1. The Bertz CT molecular complexity index is 1210. The first kappa shape index (κ1) is 18.4. The third-order valence-corrected chi connectivity index (χ3v) is 5.88. The van der Waals surface area contributed by atoms with E-state index in [1.165, 1.54) is 5.56 Å². The van der Waals surface area contributed by atoms with Gasteiger partial charge in [0.2, 0.25) is 5.91 Å². The lowest BCUT2D eigenvalue weighted by molar-refractivity contribution is -0.117. The van der Waals surface area contributed by atoms with Gasteiger partial charge in [-0.15, -0.1) is 0 Å². The highest BCUT2D eigenvalue weighted by Crippen LogP contribution is 2.37. The van der Waals surface area contributed by atoms with E-state index >= 15 is 0 Å². The minimum absolute atomic E-state index is 0.00229. The molecule has 0 saturated heterocycles. The summed E-state index contributed by atoms with van der Waals surface area (Å²) < 4.78 is 1.95. The summed E-state index contributed by atoms with van der Waals surface area (Å²) >= 11 is 0. The van der Waals surface area contributed by atoms with Gasteiger partial charge in [0.1, 0.15) is 0 Å². The summed E-state index contributed by atoms with van der Waals surface area (Å²) in [4.78, 5) is 13.9. The second-order valence-corrected chi connectivity index (χ2v) is 7.84. The average molecular weight is 393 g/mol. The number of anilines is 1. The molecule has 0 aliphatic carbocycles. The number of nitrogens with zero attached hydrogens (tertiary/aromatic N) is 3. The molecule has 4 heteroatoms. The Balaban J connectivity index is 1.64. The molecule has 0 fully saturated rings. The third kappa shape index (κ3) is 3.11. The number of hydrogen-bond donors (Lipinski definition) is 0. The minimum atomic E-state index is 0.00229. The molecule has 4 nitrogen and oxygen atoms in total. The van der Waals surface area contributed by atoms with Gasteiger partial charge in [-0.05, 0) is 47.4 Å². The smallest absolute Gasteiger partial charge is 0.231 e. The van der Waals surface area contributed by atoms with Crippen LogP contribution in [0.3, 0.4) is 0 Å². The number of benzene rings is 3. The minimum Gasteiger partial charge on any atom is -0.315 e. The average Bonchev–Trinajstić information content (AvgIpc) is 3.29. The normalized spacial score (nSPS) is 14.1. The van der Waals surface area contributed by atoms with Crippen molar-refractivity contribution >= 4 is 11.6 Å². The van der Waals surface area contributed by atoms with Gasteiger partial charge in [0.15, 0.2) is 0 Å². The lowest BCUT2D eigenvalue weighted by Gasteiger charge is -2.19. The highest BCUT2D eigenvalue weighted by atomic mass is 16.2. The quantitative estimate of drug-likeness (QED) is 0.496. The Morgan fingerprint density at radius 2 is 1.60 bits per heavy atom. The molecule has 0 bridgehead atoms. The molecule has 1 atom stereocenters. The SMILES string of the molecule is Cc1cn(-c2ccccc2)nc1C(c1ccccc1)c1ccc2c(c1)CC(=O)N2C. The molecular formula is C26H23N3O. The Kier molecular flexibility index (Phi) is 4.47. The van der Waals surface area contributed by atoms with Gasteiger partial charge in [0, 0.05) is 18.9 Å². The zero-order chi connectivity index (χ0) is 20.7. The number of aromatic nitrogens is 2. The zero-order valence-electron chi connectivity index (χ0n) is 17.1. The maximum absolute atomic E-state index is 12.2. The number of carbonyl (C=O) groups excluding carboxylic acids is 1. The van der Waals surface area contributed by atoms with Crippen molar-refractivity contribution in [2.24, 2.45) is 0 Å². The maximum atomic E-state index is 12.2. The molecule has 1 aromatic heterocycles. The van der Waals surface area contributed by atoms with Crippen LogP contribution in [0.2, 0.25) is 0 Å². The molecule has 1 unspecified atom stereocenters. The van der Waals surface area contributed by atoms with E-state index in [-0.39, 0.29) is 11.8 Å². The fraction of sp³-hybridized carbons (Fsp3) is 0.154. The number of para-hydroxylation sites is 1. The van der Waals surface area contributed by atoms with E-state index in [1.807, 2.05) is 36.0 Å². The topological polar surface area (TPSA) is 38.1 Å². The molecule has 1 amide bonds. The molecule has 5 rings (SSSR count). The lowest BCUT2D eigenvalue weighted by Crippen LogP contribution is -2.20. The molecule has 30 heavy (non-hydrogen) atoms. The van der Waals surface area contributed by atoms with E-state index in [0.29, 0.717) is 6.42 Å². The van der Waals surface area contributed by atoms with Crippen molar-refractivity contribution in [1.29, 1.82) is 0 Å². The molecule has 3 aromatic carbocycles. The summed E-state index contributed by atoms with van der Waals surface area (Å²) in [5.41, 5.74) is 7.65. The van der Waals surface area contributed by atoms with Crippen LogP contribution in [-0.2, 0) is 11.2 Å². The molecular weight excluding hydrogens is 370 g/mol.